The van der Waals surface area contributed by atoms with E-state index < -0.39 is 33.0 Å². The molecule has 0 saturated carbocycles. The van der Waals surface area contributed by atoms with Gasteiger partial charge in [0.2, 0.25) is 10.9 Å². The fourth-order valence-electron chi connectivity index (χ4n) is 2.53. The summed E-state index contributed by atoms with van der Waals surface area (Å²) in [4.78, 5) is 25.1. The number of nitrogens with zero attached hydrogens (tertiary/aromatic N) is 5. The molecule has 3 rings (SSSR count). The molecule has 2 aliphatic heterocycles. The molecule has 0 aromatic carbocycles. The number of hydrogen-bond donors (Lipinski definition) is 2. The molecule has 2 aliphatic rings. The molecular weight excluding hydrogens is 408 g/mol. The van der Waals surface area contributed by atoms with Gasteiger partial charge in [-0.3, -0.25) is 15.4 Å². The van der Waals surface area contributed by atoms with Crippen molar-refractivity contribution >= 4 is 45.4 Å². The van der Waals surface area contributed by atoms with Crippen LogP contribution in [0.15, 0.2) is 16.4 Å². The van der Waals surface area contributed by atoms with E-state index in [0.29, 0.717) is 9.66 Å². The molecule has 1 fully saturated rings. The Labute approximate surface area is 156 Å². The van der Waals surface area contributed by atoms with Crippen molar-refractivity contribution in [3.05, 3.63) is 11.3 Å². The highest BCUT2D eigenvalue weighted by atomic mass is 32.2. The lowest BCUT2D eigenvalue weighted by Crippen LogP contribution is -2.78. The predicted molar refractivity (Wildman–Crippen MR) is 90.5 cm³/mol. The van der Waals surface area contributed by atoms with Crippen LogP contribution in [0.25, 0.3) is 0 Å². The molecule has 0 radical (unpaired) electrons. The van der Waals surface area contributed by atoms with Gasteiger partial charge >= 0.3 is 5.97 Å². The number of hydrogen-bond acceptors (Lipinski definition) is 11. The van der Waals surface area contributed by atoms with Gasteiger partial charge in [-0.2, -0.15) is 0 Å². The van der Waals surface area contributed by atoms with Crippen LogP contribution in [-0.4, -0.2) is 85.9 Å². The number of carbonyl (C=O) groups excluding carboxylic acids is 1. The number of aliphatic carboxylic acids is 1. The van der Waals surface area contributed by atoms with E-state index in [1.165, 1.54) is 18.9 Å². The maximum Gasteiger partial charge on any atom is 0.352 e. The number of carboxylic acids is 1. The average Bonchev–Trinajstić information content (AvgIpc) is 3.06. The van der Waals surface area contributed by atoms with E-state index in [0.717, 1.165) is 22.9 Å². The number of β-lactam (4-membered cyclic amide) rings is 1. The Morgan fingerprint density at radius 3 is 2.85 bits per heavy atom. The highest BCUT2D eigenvalue weighted by Crippen LogP contribution is 2.45. The Bertz CT molecular complexity index is 913. The molecule has 1 saturated heterocycles. The molecule has 2 atom stereocenters. The van der Waals surface area contributed by atoms with Crippen molar-refractivity contribution in [2.24, 2.45) is 5.73 Å². The summed E-state index contributed by atoms with van der Waals surface area (Å²) in [6, 6.07) is 0. The van der Waals surface area contributed by atoms with Crippen LogP contribution in [-0.2, 0) is 24.3 Å². The first-order chi connectivity index (χ1) is 12.1. The average molecular weight is 422 g/mol. The van der Waals surface area contributed by atoms with Gasteiger partial charge in [-0.25, -0.2) is 13.2 Å². The molecule has 0 spiro atoms. The molecule has 0 unspecified atom stereocenters. The third kappa shape index (κ3) is 2.88. The highest BCUT2D eigenvalue weighted by molar-refractivity contribution is 8.01. The van der Waals surface area contributed by atoms with Crippen molar-refractivity contribution in [3.8, 4) is 0 Å². The number of tetrazole rings is 1. The predicted octanol–water partition coefficient (Wildman–Crippen LogP) is -1.87. The minimum absolute atomic E-state index is 0.00291. The molecular formula is C11H14N6O6S3. The molecule has 12 nitrogen and oxygen atoms in total. The van der Waals surface area contributed by atoms with Crippen molar-refractivity contribution in [2.45, 2.75) is 16.3 Å². The fraction of sp³-hybridized carbons (Fsp3) is 0.545. The zero-order valence-electron chi connectivity index (χ0n) is 13.5. The first-order valence-electron chi connectivity index (χ1n) is 6.97. The van der Waals surface area contributed by atoms with Crippen molar-refractivity contribution in [3.63, 3.8) is 0 Å². The molecule has 0 aliphatic carbocycles. The van der Waals surface area contributed by atoms with E-state index >= 15 is 0 Å². The molecule has 26 heavy (non-hydrogen) atoms. The minimum Gasteiger partial charge on any atom is -0.477 e. The number of carboxylic acid groups (broad SMARTS) is 1. The number of amides is 1. The second-order valence-corrected chi connectivity index (χ2v) is 9.27. The molecule has 0 bridgehead atoms. The fourth-order valence-corrected chi connectivity index (χ4v) is 5.88. The number of methoxy groups -OCH3 is 1. The van der Waals surface area contributed by atoms with E-state index in [1.807, 2.05) is 0 Å². The summed E-state index contributed by atoms with van der Waals surface area (Å²) in [6.45, 7) is 0. The number of thioether (sulfide) groups is 2. The van der Waals surface area contributed by atoms with E-state index in [1.54, 1.807) is 0 Å². The summed E-state index contributed by atoms with van der Waals surface area (Å²) in [7, 11) is -2.40. The van der Waals surface area contributed by atoms with Crippen LogP contribution in [0, 0.1) is 0 Å². The van der Waals surface area contributed by atoms with Crippen LogP contribution in [0.4, 0.5) is 0 Å². The van der Waals surface area contributed by atoms with Crippen LogP contribution < -0.4 is 5.73 Å². The Morgan fingerprint density at radius 2 is 2.27 bits per heavy atom. The second kappa shape index (κ2) is 6.49. The topological polar surface area (TPSA) is 171 Å². The minimum atomic E-state index is -3.68. The number of nitrogens with two attached hydrogens (primary N) is 1. The maximum absolute atomic E-state index is 12.3. The number of carbonyl (C=O) groups is 2. The van der Waals surface area contributed by atoms with Gasteiger partial charge in [0.15, 0.2) is 0 Å². The van der Waals surface area contributed by atoms with Crippen molar-refractivity contribution in [1.29, 1.82) is 0 Å². The van der Waals surface area contributed by atoms with Gasteiger partial charge in [-0.05, 0) is 16.0 Å². The monoisotopic (exact) mass is 422 g/mol. The molecule has 3 N–H and O–H groups in total. The van der Waals surface area contributed by atoms with Crippen LogP contribution in [0.3, 0.4) is 0 Å². The SMILES string of the molecule is CO[C@@]1(N)C(=O)N2C(C(=O)O)=C(CSc3nnnn3S(C)(=O)=O)CS[C@H]21. The summed E-state index contributed by atoms with van der Waals surface area (Å²) in [5.41, 5.74) is 4.58. The molecule has 1 aromatic rings. The van der Waals surface area contributed by atoms with Crippen molar-refractivity contribution < 1.29 is 27.9 Å². The first-order valence-corrected chi connectivity index (χ1v) is 10.9. The van der Waals surface area contributed by atoms with E-state index in [4.69, 9.17) is 10.5 Å². The lowest BCUT2D eigenvalue weighted by Gasteiger charge is -2.54. The summed E-state index contributed by atoms with van der Waals surface area (Å²) in [6.07, 6.45) is 0.945. The van der Waals surface area contributed by atoms with Gasteiger partial charge in [0, 0.05) is 18.6 Å². The van der Waals surface area contributed by atoms with Gasteiger partial charge in [0.25, 0.3) is 15.9 Å². The van der Waals surface area contributed by atoms with Gasteiger partial charge < -0.3 is 9.84 Å². The van der Waals surface area contributed by atoms with Crippen molar-refractivity contribution in [2.75, 3.05) is 24.9 Å². The summed E-state index contributed by atoms with van der Waals surface area (Å²) in [5.74, 6) is -1.55. The summed E-state index contributed by atoms with van der Waals surface area (Å²) < 4.78 is 28.9. The van der Waals surface area contributed by atoms with Gasteiger partial charge in [0.05, 0.1) is 6.26 Å². The van der Waals surface area contributed by atoms with E-state index in [2.05, 4.69) is 15.5 Å². The molecule has 3 heterocycles. The van der Waals surface area contributed by atoms with Crippen LogP contribution in [0.5, 0.6) is 0 Å². The van der Waals surface area contributed by atoms with Gasteiger partial charge in [0.1, 0.15) is 11.1 Å². The van der Waals surface area contributed by atoms with Crippen LogP contribution in [0.2, 0.25) is 0 Å². The summed E-state index contributed by atoms with van der Waals surface area (Å²) >= 11 is 2.22. The third-order valence-corrected chi connectivity index (χ3v) is 7.18. The largest absolute Gasteiger partial charge is 0.477 e. The zero-order chi connectivity index (χ0) is 19.3. The standard InChI is InChI=1S/C11H14N6O6S3/c1-23-11(12)8(20)16-6(7(18)19)5(3-24-9(11)16)4-25-10-13-14-15-17(10)26(2,21)22/h9H,3-4,12H2,1-2H3,(H,18,19)/t9-,11-/m0/s1. The van der Waals surface area contributed by atoms with Gasteiger partial charge in [-0.1, -0.05) is 11.8 Å². The zero-order valence-corrected chi connectivity index (χ0v) is 16.0. The number of ether oxygens (including phenoxy) is 1. The number of fused-ring (bicyclic) bond motifs is 1. The highest BCUT2D eigenvalue weighted by Gasteiger charge is 2.63. The molecule has 1 amide bonds. The lowest BCUT2D eigenvalue weighted by molar-refractivity contribution is -0.182. The lowest BCUT2D eigenvalue weighted by atomic mass is 10.00. The quantitative estimate of drug-likeness (QED) is 0.298. The molecule has 142 valence electrons. The Kier molecular flexibility index (Phi) is 4.76. The normalized spacial score (nSPS) is 25.9. The maximum atomic E-state index is 12.3. The van der Waals surface area contributed by atoms with Crippen LogP contribution in [0.1, 0.15) is 0 Å². The smallest absolute Gasteiger partial charge is 0.352 e. The third-order valence-electron chi connectivity index (χ3n) is 3.79. The number of aromatic nitrogens is 4. The van der Waals surface area contributed by atoms with E-state index in [-0.39, 0.29) is 22.4 Å². The Morgan fingerprint density at radius 1 is 1.58 bits per heavy atom. The molecule has 15 heteroatoms. The van der Waals surface area contributed by atoms with Gasteiger partial charge in [-0.15, -0.1) is 20.9 Å². The molecule has 1 aromatic heterocycles. The van der Waals surface area contributed by atoms with E-state index in [9.17, 15) is 23.1 Å². The first kappa shape index (κ1) is 19.1. The van der Waals surface area contributed by atoms with Crippen molar-refractivity contribution in [1.82, 2.24) is 24.5 Å². The number of rotatable bonds is 6. The second-order valence-electron chi connectivity index (χ2n) is 5.45. The Balaban J connectivity index is 1.87. The Hall–Kier alpha value is -1.68. The van der Waals surface area contributed by atoms with Crippen LogP contribution >= 0.6 is 23.5 Å². The summed E-state index contributed by atoms with van der Waals surface area (Å²) in [5, 5.41) is 19.2.